The normalized spacial score (nSPS) is 12.8. The quantitative estimate of drug-likeness (QED) is 0.454. The third kappa shape index (κ3) is 5.55. The maximum absolute atomic E-state index is 6.01. The SMILES string of the molecule is CCNC(=NCc1nc(-c2cccc(Cl)c2)no1)NCC(C)c1ccsc1. The minimum absolute atomic E-state index is 0.301. The molecule has 0 saturated heterocycles. The van der Waals surface area contributed by atoms with E-state index in [9.17, 15) is 0 Å². The predicted molar refractivity (Wildman–Crippen MR) is 110 cm³/mol. The Bertz CT molecular complexity index is 878. The minimum Gasteiger partial charge on any atom is -0.357 e. The molecule has 0 saturated carbocycles. The summed E-state index contributed by atoms with van der Waals surface area (Å²) in [6.45, 7) is 6.09. The Hall–Kier alpha value is -2.38. The van der Waals surface area contributed by atoms with Gasteiger partial charge in [0.05, 0.1) is 0 Å². The summed E-state index contributed by atoms with van der Waals surface area (Å²) in [5.74, 6) is 2.08. The van der Waals surface area contributed by atoms with Crippen molar-refractivity contribution in [3.05, 3.63) is 57.6 Å². The molecule has 1 atom stereocenters. The smallest absolute Gasteiger partial charge is 0.248 e. The Morgan fingerprint density at radius 1 is 1.33 bits per heavy atom. The van der Waals surface area contributed by atoms with Crippen LogP contribution < -0.4 is 10.6 Å². The zero-order valence-electron chi connectivity index (χ0n) is 15.3. The molecule has 0 aliphatic carbocycles. The second-order valence-corrected chi connectivity index (χ2v) is 7.27. The van der Waals surface area contributed by atoms with Gasteiger partial charge in [0, 0.05) is 23.7 Å². The molecule has 0 bridgehead atoms. The average molecular weight is 404 g/mol. The summed E-state index contributed by atoms with van der Waals surface area (Å²) in [4.78, 5) is 8.93. The molecule has 1 aromatic carbocycles. The van der Waals surface area contributed by atoms with Crippen LogP contribution in [0.3, 0.4) is 0 Å². The van der Waals surface area contributed by atoms with Crippen LogP contribution in [0, 0.1) is 0 Å². The van der Waals surface area contributed by atoms with Crippen LogP contribution in [-0.2, 0) is 6.54 Å². The molecule has 0 amide bonds. The van der Waals surface area contributed by atoms with Gasteiger partial charge in [0.25, 0.3) is 0 Å². The lowest BCUT2D eigenvalue weighted by atomic mass is 10.1. The van der Waals surface area contributed by atoms with Crippen LogP contribution in [-0.4, -0.2) is 29.2 Å². The van der Waals surface area contributed by atoms with Crippen LogP contribution in [0.1, 0.15) is 31.2 Å². The number of nitrogens with zero attached hydrogens (tertiary/aromatic N) is 3. The highest BCUT2D eigenvalue weighted by atomic mass is 35.5. The molecule has 0 aliphatic rings. The van der Waals surface area contributed by atoms with Gasteiger partial charge in [-0.2, -0.15) is 16.3 Å². The zero-order chi connectivity index (χ0) is 19.1. The van der Waals surface area contributed by atoms with Gasteiger partial charge in [-0.25, -0.2) is 4.99 Å². The Kier molecular flexibility index (Phi) is 6.84. The van der Waals surface area contributed by atoms with E-state index in [0.29, 0.717) is 29.2 Å². The van der Waals surface area contributed by atoms with Crippen LogP contribution in [0.2, 0.25) is 5.02 Å². The summed E-state index contributed by atoms with van der Waals surface area (Å²) in [7, 11) is 0. The molecule has 2 aromatic heterocycles. The molecule has 6 nitrogen and oxygen atoms in total. The topological polar surface area (TPSA) is 75.3 Å². The predicted octanol–water partition coefficient (Wildman–Crippen LogP) is 4.31. The third-order valence-corrected chi connectivity index (χ3v) is 4.89. The van der Waals surface area contributed by atoms with Gasteiger partial charge in [0.1, 0.15) is 6.54 Å². The number of aromatic nitrogens is 2. The number of halogens is 1. The number of nitrogens with one attached hydrogen (secondary N) is 2. The molecule has 2 N–H and O–H groups in total. The second kappa shape index (κ2) is 9.53. The van der Waals surface area contributed by atoms with E-state index in [1.54, 1.807) is 17.4 Å². The maximum Gasteiger partial charge on any atom is 0.248 e. The first-order valence-electron chi connectivity index (χ1n) is 8.78. The van der Waals surface area contributed by atoms with E-state index in [0.717, 1.165) is 24.6 Å². The number of aliphatic imine (C=N–C) groups is 1. The van der Waals surface area contributed by atoms with Gasteiger partial charge in [-0.1, -0.05) is 35.8 Å². The van der Waals surface area contributed by atoms with E-state index in [4.69, 9.17) is 16.1 Å². The van der Waals surface area contributed by atoms with Crippen LogP contribution >= 0.6 is 22.9 Å². The summed E-state index contributed by atoms with van der Waals surface area (Å²) in [5, 5.41) is 15.5. The lowest BCUT2D eigenvalue weighted by Gasteiger charge is -2.14. The van der Waals surface area contributed by atoms with Gasteiger partial charge < -0.3 is 15.2 Å². The van der Waals surface area contributed by atoms with Crippen molar-refractivity contribution in [1.82, 2.24) is 20.8 Å². The van der Waals surface area contributed by atoms with Crippen molar-refractivity contribution in [3.8, 4) is 11.4 Å². The molecule has 0 radical (unpaired) electrons. The summed E-state index contributed by atoms with van der Waals surface area (Å²) < 4.78 is 5.31. The maximum atomic E-state index is 6.01. The summed E-state index contributed by atoms with van der Waals surface area (Å²) in [5.41, 5.74) is 2.14. The number of guanidine groups is 1. The molecule has 0 aliphatic heterocycles. The standard InChI is InChI=1S/C19H22ClN5OS/c1-3-21-19(22-10-13(2)15-7-8-27-12-15)23-11-17-24-18(25-26-17)14-5-4-6-16(20)9-14/h4-9,12-13H,3,10-11H2,1-2H3,(H2,21,22,23). The molecule has 0 fully saturated rings. The Labute approximate surface area is 167 Å². The molecule has 3 aromatic rings. The highest BCUT2D eigenvalue weighted by molar-refractivity contribution is 7.07. The van der Waals surface area contributed by atoms with Crippen molar-refractivity contribution in [2.75, 3.05) is 13.1 Å². The molecular formula is C19H22ClN5OS. The van der Waals surface area contributed by atoms with E-state index < -0.39 is 0 Å². The number of hydrogen-bond donors (Lipinski definition) is 2. The van der Waals surface area contributed by atoms with E-state index in [1.165, 1.54) is 5.56 Å². The largest absolute Gasteiger partial charge is 0.357 e. The highest BCUT2D eigenvalue weighted by Crippen LogP contribution is 2.20. The lowest BCUT2D eigenvalue weighted by Crippen LogP contribution is -2.39. The molecule has 8 heteroatoms. The molecule has 1 unspecified atom stereocenters. The first-order valence-corrected chi connectivity index (χ1v) is 10.1. The van der Waals surface area contributed by atoms with E-state index in [-0.39, 0.29) is 0 Å². The van der Waals surface area contributed by atoms with E-state index in [1.807, 2.05) is 25.1 Å². The fourth-order valence-corrected chi connectivity index (χ4v) is 3.45. The van der Waals surface area contributed by atoms with Gasteiger partial charge in [-0.15, -0.1) is 0 Å². The minimum atomic E-state index is 0.301. The Morgan fingerprint density at radius 2 is 2.22 bits per heavy atom. The highest BCUT2D eigenvalue weighted by Gasteiger charge is 2.10. The van der Waals surface area contributed by atoms with Gasteiger partial charge >= 0.3 is 0 Å². The number of benzene rings is 1. The lowest BCUT2D eigenvalue weighted by molar-refractivity contribution is 0.380. The number of hydrogen-bond acceptors (Lipinski definition) is 5. The molecular weight excluding hydrogens is 382 g/mol. The van der Waals surface area contributed by atoms with E-state index >= 15 is 0 Å². The second-order valence-electron chi connectivity index (χ2n) is 6.06. The first kappa shape index (κ1) is 19.4. The fourth-order valence-electron chi connectivity index (χ4n) is 2.48. The van der Waals surface area contributed by atoms with Gasteiger partial charge in [-0.3, -0.25) is 0 Å². The number of thiophene rings is 1. The Balaban J connectivity index is 1.61. The summed E-state index contributed by atoms with van der Waals surface area (Å²) in [6.07, 6.45) is 0. The monoisotopic (exact) mass is 403 g/mol. The van der Waals surface area contributed by atoms with Crippen molar-refractivity contribution < 1.29 is 4.52 Å². The van der Waals surface area contributed by atoms with Crippen LogP contribution in [0.5, 0.6) is 0 Å². The molecule has 3 rings (SSSR count). The molecule has 2 heterocycles. The summed E-state index contributed by atoms with van der Waals surface area (Å²) in [6, 6.07) is 9.50. The van der Waals surface area contributed by atoms with Gasteiger partial charge in [0.2, 0.25) is 11.7 Å². The van der Waals surface area contributed by atoms with Crippen molar-refractivity contribution in [2.24, 2.45) is 4.99 Å². The zero-order valence-corrected chi connectivity index (χ0v) is 16.8. The van der Waals surface area contributed by atoms with Crippen molar-refractivity contribution in [3.63, 3.8) is 0 Å². The third-order valence-electron chi connectivity index (χ3n) is 3.96. The molecule has 142 valence electrons. The van der Waals surface area contributed by atoms with Crippen LogP contribution in [0.25, 0.3) is 11.4 Å². The average Bonchev–Trinajstić information content (AvgIpc) is 3.36. The van der Waals surface area contributed by atoms with Crippen molar-refractivity contribution in [1.29, 1.82) is 0 Å². The first-order chi connectivity index (χ1) is 13.2. The van der Waals surface area contributed by atoms with Gasteiger partial charge in [-0.05, 0) is 47.4 Å². The van der Waals surface area contributed by atoms with Crippen molar-refractivity contribution >= 4 is 28.9 Å². The number of rotatable bonds is 7. The van der Waals surface area contributed by atoms with Crippen LogP contribution in [0.4, 0.5) is 0 Å². The molecule has 27 heavy (non-hydrogen) atoms. The Morgan fingerprint density at radius 3 is 2.96 bits per heavy atom. The van der Waals surface area contributed by atoms with Crippen LogP contribution in [0.15, 0.2) is 50.6 Å². The van der Waals surface area contributed by atoms with Crippen molar-refractivity contribution in [2.45, 2.75) is 26.3 Å². The van der Waals surface area contributed by atoms with E-state index in [2.05, 4.69) is 49.5 Å². The molecule has 0 spiro atoms. The fraction of sp³-hybridized carbons (Fsp3) is 0.316. The van der Waals surface area contributed by atoms with Gasteiger partial charge in [0.15, 0.2) is 5.96 Å². The summed E-state index contributed by atoms with van der Waals surface area (Å²) >= 11 is 7.72.